The first-order valence-electron chi connectivity index (χ1n) is 20.4. The van der Waals surface area contributed by atoms with E-state index in [2.05, 4.69) is 149 Å². The van der Waals surface area contributed by atoms with Crippen LogP contribution in [0, 0.1) is 0 Å². The monoisotopic (exact) mass is 1010 g/mol. The number of hydrogen-bond donors (Lipinski definition) is 0. The van der Waals surface area contributed by atoms with Crippen LogP contribution in [0.3, 0.4) is 0 Å². The van der Waals surface area contributed by atoms with Gasteiger partial charge in [-0.3, -0.25) is 0 Å². The van der Waals surface area contributed by atoms with E-state index in [1.54, 1.807) is 0 Å². The van der Waals surface area contributed by atoms with Gasteiger partial charge >= 0.3 is 0 Å². The molecule has 0 N–H and O–H groups in total. The summed E-state index contributed by atoms with van der Waals surface area (Å²) in [7, 11) is 0. The molecule has 0 saturated carbocycles. The van der Waals surface area contributed by atoms with Gasteiger partial charge in [-0.2, -0.15) is 0 Å². The molecule has 8 heteroatoms. The number of fused-ring (bicyclic) bond motifs is 10. The van der Waals surface area contributed by atoms with E-state index in [0.29, 0.717) is 0 Å². The Bertz CT molecular complexity index is 3430. The summed E-state index contributed by atoms with van der Waals surface area (Å²) < 4.78 is 13.6. The highest BCUT2D eigenvalue weighted by molar-refractivity contribution is 9.11. The van der Waals surface area contributed by atoms with Crippen LogP contribution in [0.2, 0.25) is 0 Å². The van der Waals surface area contributed by atoms with Crippen LogP contribution in [0.5, 0.6) is 0 Å². The second-order valence-electron chi connectivity index (χ2n) is 15.2. The Labute approximate surface area is 391 Å². The van der Waals surface area contributed by atoms with Gasteiger partial charge in [0.25, 0.3) is 0 Å². The van der Waals surface area contributed by atoms with Gasteiger partial charge in [0, 0.05) is 78.2 Å². The molecule has 298 valence electrons. The van der Waals surface area contributed by atoms with E-state index in [4.69, 9.17) is 0 Å². The third kappa shape index (κ3) is 8.39. The van der Waals surface area contributed by atoms with Crippen LogP contribution in [0.25, 0.3) is 91.1 Å². The molecule has 0 spiro atoms. The standard InChI is InChI=1S/C26H20S3.C20H15BrS3.C6H5Br/c1-2-3-9-19-10-17-11-20-21-12-18-13-22(16-7-5-4-6-8-16)28-24(18)15-26(21)29-25(20)14-23(17)27-19;1-2-3-4-13-5-11-6-14-15-7-12-8-20(21)24-17(12)10-19(15)23-18(14)9-16(11)22-13;7-6-4-2-1-3-5-6/h4-8,10-15H,2-3,9H2,1H3;5-10H,2-4H2,1H3;1-5H. The van der Waals surface area contributed by atoms with Crippen molar-refractivity contribution in [3.8, 4) is 10.4 Å². The average molecular weight is 1020 g/mol. The average Bonchev–Trinajstić information content (AvgIpc) is 4.12. The summed E-state index contributed by atoms with van der Waals surface area (Å²) in [6, 6.07) is 49.2. The molecule has 6 aromatic carbocycles. The van der Waals surface area contributed by atoms with Crippen LogP contribution in [-0.2, 0) is 12.8 Å². The lowest BCUT2D eigenvalue weighted by molar-refractivity contribution is 0.804. The molecule has 0 aliphatic carbocycles. The van der Waals surface area contributed by atoms with E-state index in [9.17, 15) is 0 Å². The summed E-state index contributed by atoms with van der Waals surface area (Å²) in [6.45, 7) is 4.53. The topological polar surface area (TPSA) is 0 Å². The number of aryl methyl sites for hydroxylation is 2. The molecule has 0 saturated heterocycles. The van der Waals surface area contributed by atoms with Gasteiger partial charge in [-0.05, 0) is 154 Å². The smallest absolute Gasteiger partial charge is 0.0711 e. The Morgan fingerprint density at radius 1 is 0.383 bits per heavy atom. The van der Waals surface area contributed by atoms with Gasteiger partial charge in [-0.15, -0.1) is 68.0 Å². The van der Waals surface area contributed by atoms with Crippen molar-refractivity contribution in [2.24, 2.45) is 0 Å². The molecular formula is C52H40Br2S6. The Kier molecular flexibility index (Phi) is 12.0. The Morgan fingerprint density at radius 3 is 1.25 bits per heavy atom. The van der Waals surface area contributed by atoms with Crippen LogP contribution < -0.4 is 0 Å². The summed E-state index contributed by atoms with van der Waals surface area (Å²) in [4.78, 5) is 4.40. The van der Waals surface area contributed by atoms with E-state index < -0.39 is 0 Å². The number of rotatable bonds is 7. The third-order valence-corrected chi connectivity index (χ3v) is 18.7. The number of benzene rings is 6. The fourth-order valence-corrected chi connectivity index (χ4v) is 15.7. The summed E-state index contributed by atoms with van der Waals surface area (Å²) >= 11 is 18.4. The van der Waals surface area contributed by atoms with Crippen molar-refractivity contribution >= 4 is 181 Å². The van der Waals surface area contributed by atoms with Gasteiger partial charge in [0.2, 0.25) is 0 Å². The van der Waals surface area contributed by atoms with Crippen LogP contribution in [0.4, 0.5) is 0 Å². The quantitative estimate of drug-likeness (QED) is 0.149. The van der Waals surface area contributed by atoms with Gasteiger partial charge in [0.05, 0.1) is 3.79 Å². The van der Waals surface area contributed by atoms with Gasteiger partial charge in [-0.25, -0.2) is 0 Å². The Morgan fingerprint density at radius 2 is 0.800 bits per heavy atom. The van der Waals surface area contributed by atoms with E-state index in [1.807, 2.05) is 98.4 Å². The van der Waals surface area contributed by atoms with Crippen LogP contribution in [0.15, 0.2) is 142 Å². The predicted octanol–water partition coefficient (Wildman–Crippen LogP) is 20.5. The summed E-state index contributed by atoms with van der Waals surface area (Å²) in [5.41, 5.74) is 1.31. The normalized spacial score (nSPS) is 11.7. The maximum absolute atomic E-state index is 3.61. The van der Waals surface area contributed by atoms with Crippen LogP contribution in [0.1, 0.15) is 49.3 Å². The highest BCUT2D eigenvalue weighted by atomic mass is 79.9. The Balaban J connectivity index is 0.000000126. The molecule has 0 fully saturated rings. The van der Waals surface area contributed by atoms with Gasteiger partial charge in [0.15, 0.2) is 0 Å². The van der Waals surface area contributed by atoms with Crippen LogP contribution >= 0.6 is 99.9 Å². The second kappa shape index (κ2) is 17.7. The van der Waals surface area contributed by atoms with Gasteiger partial charge < -0.3 is 0 Å². The minimum absolute atomic E-state index is 1.13. The third-order valence-electron chi connectivity index (χ3n) is 10.9. The zero-order valence-electron chi connectivity index (χ0n) is 33.1. The molecule has 0 bridgehead atoms. The van der Waals surface area contributed by atoms with Crippen molar-refractivity contribution in [3.05, 3.63) is 151 Å². The van der Waals surface area contributed by atoms with Crippen molar-refractivity contribution in [1.82, 2.24) is 0 Å². The van der Waals surface area contributed by atoms with E-state index in [0.717, 1.165) is 4.47 Å². The highest BCUT2D eigenvalue weighted by Crippen LogP contribution is 2.44. The molecule has 0 unspecified atom stereocenters. The molecule has 0 atom stereocenters. The number of thiophene rings is 6. The van der Waals surface area contributed by atoms with E-state index in [-0.39, 0.29) is 0 Å². The first-order chi connectivity index (χ1) is 29.4. The van der Waals surface area contributed by atoms with Crippen molar-refractivity contribution < 1.29 is 0 Å². The zero-order chi connectivity index (χ0) is 40.7. The molecule has 6 heterocycles. The molecule has 0 aliphatic rings. The second-order valence-corrected chi connectivity index (χ2v) is 24.2. The van der Waals surface area contributed by atoms with Crippen molar-refractivity contribution in [2.45, 2.75) is 52.4 Å². The largest absolute Gasteiger partial charge is 0.140 e. The van der Waals surface area contributed by atoms with Gasteiger partial charge in [0.1, 0.15) is 0 Å². The first-order valence-corrected chi connectivity index (χ1v) is 26.9. The summed E-state index contributed by atoms with van der Waals surface area (Å²) in [5.74, 6) is 0. The minimum atomic E-state index is 1.13. The number of hydrogen-bond acceptors (Lipinski definition) is 6. The maximum atomic E-state index is 3.61. The summed E-state index contributed by atoms with van der Waals surface area (Å²) in [6.07, 6.45) is 7.52. The minimum Gasteiger partial charge on any atom is -0.140 e. The van der Waals surface area contributed by atoms with Crippen molar-refractivity contribution in [2.75, 3.05) is 0 Å². The molecule has 60 heavy (non-hydrogen) atoms. The maximum Gasteiger partial charge on any atom is 0.0711 e. The number of halogens is 2. The molecule has 0 radical (unpaired) electrons. The van der Waals surface area contributed by atoms with E-state index >= 15 is 0 Å². The SMILES string of the molecule is Brc1ccccc1.CCCCc1cc2cc3c(cc2s1)sc1cc2sc(-c4ccccc4)cc2cc13.CCCCc1cc2cc3c(cc2s1)sc1cc2sc(Br)cc2cc13. The number of unbranched alkanes of at least 4 members (excludes halogenated alkanes) is 2. The first kappa shape index (κ1) is 40.6. The molecular weight excluding hydrogens is 977 g/mol. The lowest BCUT2D eigenvalue weighted by Gasteiger charge is -1.94. The highest BCUT2D eigenvalue weighted by Gasteiger charge is 2.14. The van der Waals surface area contributed by atoms with E-state index in [1.165, 1.54) is 143 Å². The van der Waals surface area contributed by atoms with Crippen molar-refractivity contribution in [3.63, 3.8) is 0 Å². The van der Waals surface area contributed by atoms with Crippen molar-refractivity contribution in [1.29, 1.82) is 0 Å². The molecule has 6 aromatic heterocycles. The fourth-order valence-electron chi connectivity index (χ4n) is 7.87. The zero-order valence-corrected chi connectivity index (χ0v) is 41.2. The fraction of sp³-hybridized carbons (Fsp3) is 0.154. The molecule has 0 nitrogen and oxygen atoms in total. The molecule has 12 rings (SSSR count). The predicted molar refractivity (Wildman–Crippen MR) is 285 cm³/mol. The molecule has 0 aliphatic heterocycles. The lowest BCUT2D eigenvalue weighted by atomic mass is 10.1. The summed E-state index contributed by atoms with van der Waals surface area (Å²) in [5, 5.41) is 11.1. The van der Waals surface area contributed by atoms with Gasteiger partial charge in [-0.1, -0.05) is 91.1 Å². The Hall–Kier alpha value is -3.44. The molecule has 12 aromatic rings. The lowest BCUT2D eigenvalue weighted by Crippen LogP contribution is -1.76. The van der Waals surface area contributed by atoms with Crippen LogP contribution in [-0.4, -0.2) is 0 Å². The molecule has 0 amide bonds.